The van der Waals surface area contributed by atoms with Crippen LogP contribution in [-0.2, 0) is 11.3 Å². The summed E-state index contributed by atoms with van der Waals surface area (Å²) in [4.78, 5) is 14.1. The number of likely N-dealkylation sites (tertiary alicyclic amines) is 1. The van der Waals surface area contributed by atoms with Crippen LogP contribution in [0.15, 0.2) is 24.3 Å². The third-order valence-corrected chi connectivity index (χ3v) is 3.95. The molecule has 2 rings (SSSR count). The third-order valence-electron chi connectivity index (χ3n) is 3.95. The van der Waals surface area contributed by atoms with E-state index in [1.807, 2.05) is 24.3 Å². The number of rotatable bonds is 4. The van der Waals surface area contributed by atoms with Crippen molar-refractivity contribution in [1.29, 1.82) is 0 Å². The summed E-state index contributed by atoms with van der Waals surface area (Å²) < 4.78 is 4.83. The molecule has 1 saturated heterocycles. The number of carbonyl (C=O) groups is 1. The fraction of sp³-hybridized carbons (Fsp3) is 0.533. The molecule has 1 atom stereocenters. The summed E-state index contributed by atoms with van der Waals surface area (Å²) in [6.45, 7) is 5.73. The molecule has 0 aliphatic carbocycles. The van der Waals surface area contributed by atoms with E-state index in [0.717, 1.165) is 31.6 Å². The minimum absolute atomic E-state index is 0.209. The molecule has 2 N–H and O–H groups in total. The monoisotopic (exact) mass is 262 g/mol. The summed E-state index contributed by atoms with van der Waals surface area (Å²) in [7, 11) is 1.42. The molecule has 4 heteroatoms. The van der Waals surface area contributed by atoms with Gasteiger partial charge in [0.15, 0.2) is 0 Å². The number of methoxy groups -OCH3 is 1. The van der Waals surface area contributed by atoms with Gasteiger partial charge in [-0.1, -0.05) is 25.1 Å². The van der Waals surface area contributed by atoms with Gasteiger partial charge in [-0.2, -0.15) is 0 Å². The average molecular weight is 262 g/mol. The SMILES string of the molecule is COC(=O)c1ccccc1CN1CCC(C)(CN)C1. The highest BCUT2D eigenvalue weighted by Gasteiger charge is 2.32. The lowest BCUT2D eigenvalue weighted by atomic mass is 9.90. The van der Waals surface area contributed by atoms with E-state index in [-0.39, 0.29) is 11.4 Å². The van der Waals surface area contributed by atoms with E-state index in [2.05, 4.69) is 11.8 Å². The first-order valence-electron chi connectivity index (χ1n) is 6.66. The highest BCUT2D eigenvalue weighted by molar-refractivity contribution is 5.90. The molecule has 0 radical (unpaired) electrons. The van der Waals surface area contributed by atoms with Crippen LogP contribution in [0.3, 0.4) is 0 Å². The summed E-state index contributed by atoms with van der Waals surface area (Å²) in [5, 5.41) is 0. The van der Waals surface area contributed by atoms with Crippen molar-refractivity contribution in [3.8, 4) is 0 Å². The predicted octanol–water partition coefficient (Wildman–Crippen LogP) is 1.64. The Balaban J connectivity index is 2.10. The number of carbonyl (C=O) groups excluding carboxylic acids is 1. The van der Waals surface area contributed by atoms with Crippen LogP contribution in [0.1, 0.15) is 29.3 Å². The standard InChI is InChI=1S/C15H22N2O2/c1-15(10-16)7-8-17(11-15)9-12-5-3-4-6-13(12)14(18)19-2/h3-6H,7-11,16H2,1-2H3. The summed E-state index contributed by atoms with van der Waals surface area (Å²) in [6.07, 6.45) is 1.11. The van der Waals surface area contributed by atoms with Crippen LogP contribution in [0.4, 0.5) is 0 Å². The Labute approximate surface area is 114 Å². The van der Waals surface area contributed by atoms with Crippen molar-refractivity contribution in [3.05, 3.63) is 35.4 Å². The molecule has 4 nitrogen and oxygen atoms in total. The van der Waals surface area contributed by atoms with Crippen molar-refractivity contribution in [3.63, 3.8) is 0 Å². The molecule has 1 fully saturated rings. The van der Waals surface area contributed by atoms with E-state index in [1.165, 1.54) is 7.11 Å². The Morgan fingerprint density at radius 2 is 2.21 bits per heavy atom. The Morgan fingerprint density at radius 1 is 1.47 bits per heavy atom. The molecule has 0 saturated carbocycles. The van der Waals surface area contributed by atoms with Crippen LogP contribution < -0.4 is 5.73 Å². The van der Waals surface area contributed by atoms with Crippen molar-refractivity contribution in [2.45, 2.75) is 19.9 Å². The smallest absolute Gasteiger partial charge is 0.338 e. The number of hydrogen-bond acceptors (Lipinski definition) is 4. The van der Waals surface area contributed by atoms with Crippen molar-refractivity contribution in [2.75, 3.05) is 26.7 Å². The normalized spacial score (nSPS) is 23.5. The number of ether oxygens (including phenoxy) is 1. The van der Waals surface area contributed by atoms with Gasteiger partial charge in [0.1, 0.15) is 0 Å². The maximum atomic E-state index is 11.7. The quantitative estimate of drug-likeness (QED) is 0.838. The maximum Gasteiger partial charge on any atom is 0.338 e. The Hall–Kier alpha value is -1.39. The molecule has 0 bridgehead atoms. The molecule has 0 amide bonds. The van der Waals surface area contributed by atoms with Gasteiger partial charge < -0.3 is 10.5 Å². The van der Waals surface area contributed by atoms with Gasteiger partial charge in [0.05, 0.1) is 12.7 Å². The Morgan fingerprint density at radius 3 is 2.84 bits per heavy atom. The third kappa shape index (κ3) is 3.14. The largest absolute Gasteiger partial charge is 0.465 e. The number of esters is 1. The molecular formula is C15H22N2O2. The van der Waals surface area contributed by atoms with Crippen LogP contribution in [0.5, 0.6) is 0 Å². The molecule has 1 unspecified atom stereocenters. The van der Waals surface area contributed by atoms with Gasteiger partial charge >= 0.3 is 5.97 Å². The summed E-state index contributed by atoms with van der Waals surface area (Å²) in [5.41, 5.74) is 7.71. The zero-order valence-electron chi connectivity index (χ0n) is 11.7. The minimum Gasteiger partial charge on any atom is -0.465 e. The molecule has 1 heterocycles. The average Bonchev–Trinajstić information content (AvgIpc) is 2.81. The molecule has 1 aliphatic heterocycles. The van der Waals surface area contributed by atoms with Crippen LogP contribution in [0.2, 0.25) is 0 Å². The molecule has 19 heavy (non-hydrogen) atoms. The number of benzene rings is 1. The second-order valence-corrected chi connectivity index (χ2v) is 5.62. The van der Waals surface area contributed by atoms with Gasteiger partial charge in [-0.3, -0.25) is 4.90 Å². The van der Waals surface area contributed by atoms with Gasteiger partial charge in [-0.05, 0) is 36.6 Å². The molecular weight excluding hydrogens is 240 g/mol. The second kappa shape index (κ2) is 5.72. The first kappa shape index (κ1) is 14.0. The summed E-state index contributed by atoms with van der Waals surface area (Å²) in [6, 6.07) is 7.63. The van der Waals surface area contributed by atoms with Crippen molar-refractivity contribution in [2.24, 2.45) is 11.1 Å². The van der Waals surface area contributed by atoms with E-state index in [4.69, 9.17) is 10.5 Å². The van der Waals surface area contributed by atoms with Gasteiger partial charge in [-0.25, -0.2) is 4.79 Å². The fourth-order valence-corrected chi connectivity index (χ4v) is 2.64. The topological polar surface area (TPSA) is 55.6 Å². The highest BCUT2D eigenvalue weighted by atomic mass is 16.5. The van der Waals surface area contributed by atoms with Crippen molar-refractivity contribution < 1.29 is 9.53 Å². The van der Waals surface area contributed by atoms with Crippen LogP contribution in [0.25, 0.3) is 0 Å². The maximum absolute atomic E-state index is 11.7. The number of hydrogen-bond donors (Lipinski definition) is 1. The van der Waals surface area contributed by atoms with Gasteiger partial charge in [0, 0.05) is 13.1 Å². The molecule has 1 aromatic carbocycles. The van der Waals surface area contributed by atoms with Crippen LogP contribution in [0, 0.1) is 5.41 Å². The van der Waals surface area contributed by atoms with Gasteiger partial charge in [0.2, 0.25) is 0 Å². The van der Waals surface area contributed by atoms with Crippen LogP contribution >= 0.6 is 0 Å². The lowest BCUT2D eigenvalue weighted by Gasteiger charge is -2.23. The Kier molecular flexibility index (Phi) is 4.22. The Bertz CT molecular complexity index is 461. The lowest BCUT2D eigenvalue weighted by Crippen LogP contribution is -2.31. The second-order valence-electron chi connectivity index (χ2n) is 5.62. The van der Waals surface area contributed by atoms with Gasteiger partial charge in [-0.15, -0.1) is 0 Å². The van der Waals surface area contributed by atoms with Gasteiger partial charge in [0.25, 0.3) is 0 Å². The first-order valence-corrected chi connectivity index (χ1v) is 6.66. The van der Waals surface area contributed by atoms with E-state index in [1.54, 1.807) is 0 Å². The first-order chi connectivity index (χ1) is 9.08. The van der Waals surface area contributed by atoms with E-state index in [0.29, 0.717) is 12.1 Å². The summed E-state index contributed by atoms with van der Waals surface area (Å²) >= 11 is 0. The van der Waals surface area contributed by atoms with Crippen LogP contribution in [-0.4, -0.2) is 37.6 Å². The summed E-state index contributed by atoms with van der Waals surface area (Å²) in [5.74, 6) is -0.267. The lowest BCUT2D eigenvalue weighted by molar-refractivity contribution is 0.0598. The highest BCUT2D eigenvalue weighted by Crippen LogP contribution is 2.29. The predicted molar refractivity (Wildman–Crippen MR) is 74.8 cm³/mol. The van der Waals surface area contributed by atoms with Crippen molar-refractivity contribution >= 4 is 5.97 Å². The van der Waals surface area contributed by atoms with E-state index < -0.39 is 0 Å². The zero-order chi connectivity index (χ0) is 13.9. The van der Waals surface area contributed by atoms with E-state index in [9.17, 15) is 4.79 Å². The minimum atomic E-state index is -0.267. The number of nitrogens with zero attached hydrogens (tertiary/aromatic N) is 1. The number of nitrogens with two attached hydrogens (primary N) is 1. The molecule has 0 aromatic heterocycles. The molecule has 1 aromatic rings. The van der Waals surface area contributed by atoms with Crippen molar-refractivity contribution in [1.82, 2.24) is 4.90 Å². The molecule has 0 spiro atoms. The zero-order valence-corrected chi connectivity index (χ0v) is 11.7. The molecule has 1 aliphatic rings. The van der Waals surface area contributed by atoms with E-state index >= 15 is 0 Å². The molecule has 104 valence electrons. The fourth-order valence-electron chi connectivity index (χ4n) is 2.64.